The summed E-state index contributed by atoms with van der Waals surface area (Å²) in [7, 11) is -1.23. The fraction of sp³-hybridized carbons (Fsp3) is 1.00. The van der Waals surface area contributed by atoms with E-state index in [1.165, 1.54) is 49.6 Å². The van der Waals surface area contributed by atoms with Crippen LogP contribution in [0.5, 0.6) is 0 Å². The summed E-state index contributed by atoms with van der Waals surface area (Å²) in [6, 6.07) is 1.66. The predicted molar refractivity (Wildman–Crippen MR) is 137 cm³/mol. The molecule has 0 saturated heterocycles. The highest BCUT2D eigenvalue weighted by molar-refractivity contribution is 6.81. The third-order valence-corrected chi connectivity index (χ3v) is 16.8. The Morgan fingerprint density at radius 3 is 1.71 bits per heavy atom. The second-order valence-corrected chi connectivity index (χ2v) is 18.4. The van der Waals surface area contributed by atoms with E-state index in [4.69, 9.17) is 4.74 Å². The van der Waals surface area contributed by atoms with Crippen molar-refractivity contribution in [3.63, 3.8) is 0 Å². The molecule has 6 atom stereocenters. The first-order chi connectivity index (χ1) is 14.9. The average molecular weight is 447 g/mol. The third-order valence-electron chi connectivity index (χ3n) is 10.5. The van der Waals surface area contributed by atoms with E-state index in [9.17, 15) is 0 Å². The largest absolute Gasteiger partial charge is 0.376 e. The zero-order chi connectivity index (χ0) is 21.9. The molecule has 31 heavy (non-hydrogen) atoms. The van der Waals surface area contributed by atoms with E-state index in [2.05, 4.69) is 27.3 Å². The highest BCUT2D eigenvalue weighted by Gasteiger charge is 2.55. The molecule has 4 aliphatic rings. The second-order valence-electron chi connectivity index (χ2n) is 13.4. The molecule has 4 saturated carbocycles. The molecule has 2 heteroatoms. The van der Waals surface area contributed by atoms with E-state index in [-0.39, 0.29) is 5.60 Å². The Morgan fingerprint density at radius 1 is 0.645 bits per heavy atom. The van der Waals surface area contributed by atoms with Crippen LogP contribution in [-0.4, -0.2) is 20.3 Å². The van der Waals surface area contributed by atoms with Crippen LogP contribution in [0.3, 0.4) is 0 Å². The van der Waals surface area contributed by atoms with Crippen LogP contribution < -0.4 is 0 Å². The summed E-state index contributed by atoms with van der Waals surface area (Å²) in [6.07, 6.45) is 24.6. The molecule has 0 heterocycles. The van der Waals surface area contributed by atoms with Gasteiger partial charge in [-0.15, -0.1) is 0 Å². The normalized spacial score (nSPS) is 37.9. The maximum absolute atomic E-state index is 5.97. The van der Waals surface area contributed by atoms with Gasteiger partial charge in [0.25, 0.3) is 0 Å². The first-order valence-electron chi connectivity index (χ1n) is 14.5. The molecule has 0 aromatic carbocycles. The van der Waals surface area contributed by atoms with Crippen LogP contribution in [0.15, 0.2) is 0 Å². The van der Waals surface area contributed by atoms with Gasteiger partial charge in [-0.25, -0.2) is 0 Å². The average Bonchev–Trinajstić information content (AvgIpc) is 3.37. The summed E-state index contributed by atoms with van der Waals surface area (Å²) in [5.41, 5.74) is 2.41. The minimum Gasteiger partial charge on any atom is -0.376 e. The van der Waals surface area contributed by atoms with Gasteiger partial charge in [0.1, 0.15) is 0 Å². The first kappa shape index (κ1) is 24.3. The molecule has 6 unspecified atom stereocenters. The highest BCUT2D eigenvalue weighted by Crippen LogP contribution is 2.62. The zero-order valence-corrected chi connectivity index (χ0v) is 22.6. The van der Waals surface area contributed by atoms with E-state index in [0.29, 0.717) is 0 Å². The van der Waals surface area contributed by atoms with Crippen molar-refractivity contribution in [3.8, 4) is 0 Å². The van der Waals surface area contributed by atoms with Crippen molar-refractivity contribution in [2.24, 2.45) is 23.7 Å². The lowest BCUT2D eigenvalue weighted by atomic mass is 9.81. The quantitative estimate of drug-likeness (QED) is 0.253. The minimum absolute atomic E-state index is 0.0313. The Morgan fingerprint density at radius 2 is 1.16 bits per heavy atom. The van der Waals surface area contributed by atoms with Crippen molar-refractivity contribution in [1.82, 2.24) is 0 Å². The minimum atomic E-state index is -1.23. The fourth-order valence-corrected chi connectivity index (χ4v) is 15.9. The van der Waals surface area contributed by atoms with Crippen molar-refractivity contribution in [3.05, 3.63) is 0 Å². The Bertz CT molecular complexity index is 519. The molecule has 0 bridgehead atoms. The Balaban J connectivity index is 1.37. The molecule has 0 spiro atoms. The highest BCUT2D eigenvalue weighted by atomic mass is 28.3. The van der Waals surface area contributed by atoms with E-state index >= 15 is 0 Å². The van der Waals surface area contributed by atoms with Crippen LogP contribution in [0.25, 0.3) is 0 Å². The maximum atomic E-state index is 5.97. The lowest BCUT2D eigenvalue weighted by Crippen LogP contribution is -2.46. The molecule has 4 rings (SSSR count). The molecule has 0 amide bonds. The van der Waals surface area contributed by atoms with Crippen LogP contribution in [0.4, 0.5) is 0 Å². The van der Waals surface area contributed by atoms with Gasteiger partial charge in [-0.1, -0.05) is 109 Å². The molecule has 4 aliphatic carbocycles. The summed E-state index contributed by atoms with van der Waals surface area (Å²) in [6.45, 7) is 10.5. The Labute approximate surface area is 195 Å². The standard InChI is InChI=1S/C29H54OSi/c1-29(2,3)30-21-11-5-6-12-22-31(4,27-19-17-23-13-7-9-15-25(23)27)28-20-18-24-14-8-10-16-26(24)28/h23-28H,5-22H2,1-4H3. The van der Waals surface area contributed by atoms with Crippen LogP contribution in [0.1, 0.15) is 124 Å². The van der Waals surface area contributed by atoms with Gasteiger partial charge in [-0.3, -0.25) is 0 Å². The molecule has 0 radical (unpaired) electrons. The number of hydrogen-bond donors (Lipinski definition) is 0. The summed E-state index contributed by atoms with van der Waals surface area (Å²) < 4.78 is 5.97. The lowest BCUT2D eigenvalue weighted by Gasteiger charge is -2.47. The maximum Gasteiger partial charge on any atom is 0.0598 e. The van der Waals surface area contributed by atoms with Crippen LogP contribution in [-0.2, 0) is 4.74 Å². The topological polar surface area (TPSA) is 9.23 Å². The summed E-state index contributed by atoms with van der Waals surface area (Å²) in [5, 5.41) is 0. The van der Waals surface area contributed by atoms with Crippen LogP contribution in [0.2, 0.25) is 23.7 Å². The molecule has 0 aromatic heterocycles. The molecule has 0 N–H and O–H groups in total. The van der Waals surface area contributed by atoms with Gasteiger partial charge >= 0.3 is 0 Å². The third kappa shape index (κ3) is 5.82. The van der Waals surface area contributed by atoms with E-state index < -0.39 is 8.07 Å². The second kappa shape index (κ2) is 10.6. The van der Waals surface area contributed by atoms with Crippen molar-refractivity contribution in [2.45, 2.75) is 153 Å². The van der Waals surface area contributed by atoms with Gasteiger partial charge in [0, 0.05) is 6.61 Å². The Hall–Kier alpha value is 0.177. The lowest BCUT2D eigenvalue weighted by molar-refractivity contribution is -0.00471. The predicted octanol–water partition coefficient (Wildman–Crippen LogP) is 9.38. The van der Waals surface area contributed by atoms with Gasteiger partial charge in [0.05, 0.1) is 13.7 Å². The van der Waals surface area contributed by atoms with Gasteiger partial charge in [-0.05, 0) is 61.9 Å². The molecule has 0 aliphatic heterocycles. The van der Waals surface area contributed by atoms with Crippen molar-refractivity contribution in [2.75, 3.05) is 6.61 Å². The van der Waals surface area contributed by atoms with Crippen molar-refractivity contribution >= 4 is 8.07 Å². The van der Waals surface area contributed by atoms with E-state index in [1.807, 2.05) is 0 Å². The Kier molecular flexibility index (Phi) is 8.33. The van der Waals surface area contributed by atoms with Gasteiger partial charge in [-0.2, -0.15) is 0 Å². The summed E-state index contributed by atoms with van der Waals surface area (Å²) in [4.78, 5) is 0. The number of hydrogen-bond acceptors (Lipinski definition) is 1. The number of unbranched alkanes of at least 4 members (excludes halogenated alkanes) is 3. The van der Waals surface area contributed by atoms with E-state index in [0.717, 1.165) is 30.3 Å². The van der Waals surface area contributed by atoms with Crippen molar-refractivity contribution in [1.29, 1.82) is 0 Å². The first-order valence-corrected chi connectivity index (χ1v) is 17.4. The smallest absolute Gasteiger partial charge is 0.0598 e. The molecular weight excluding hydrogens is 392 g/mol. The van der Waals surface area contributed by atoms with Crippen LogP contribution in [0, 0.1) is 23.7 Å². The number of rotatable bonds is 9. The van der Waals surface area contributed by atoms with Gasteiger partial charge in [0.15, 0.2) is 0 Å². The molecule has 4 fully saturated rings. The molecule has 180 valence electrons. The van der Waals surface area contributed by atoms with E-state index in [1.54, 1.807) is 70.3 Å². The zero-order valence-electron chi connectivity index (χ0n) is 21.6. The number of ether oxygens (including phenoxy) is 1. The summed E-state index contributed by atoms with van der Waals surface area (Å²) in [5.74, 6) is 4.55. The number of fused-ring (bicyclic) bond motifs is 2. The van der Waals surface area contributed by atoms with Gasteiger partial charge < -0.3 is 4.74 Å². The molecule has 0 aromatic rings. The van der Waals surface area contributed by atoms with Gasteiger partial charge in [0.2, 0.25) is 0 Å². The van der Waals surface area contributed by atoms with Crippen molar-refractivity contribution < 1.29 is 4.74 Å². The monoisotopic (exact) mass is 446 g/mol. The SMILES string of the molecule is CC(C)(C)OCCCCCC[Si](C)(C1CCC2CCCCC21)C1CCC2CCCCC21. The van der Waals surface area contributed by atoms with Crippen LogP contribution >= 0.6 is 0 Å². The fourth-order valence-electron chi connectivity index (χ4n) is 9.09. The molecule has 1 nitrogen and oxygen atoms in total. The summed E-state index contributed by atoms with van der Waals surface area (Å²) >= 11 is 0. The molecular formula is C29H54OSi.